The van der Waals surface area contributed by atoms with E-state index in [9.17, 15) is 14.7 Å². The third kappa shape index (κ3) is 7.11. The van der Waals surface area contributed by atoms with Gasteiger partial charge in [-0.3, -0.25) is 0 Å². The molecule has 0 saturated carbocycles. The molecule has 7 nitrogen and oxygen atoms in total. The van der Waals surface area contributed by atoms with Crippen molar-refractivity contribution in [2.75, 3.05) is 6.61 Å². The minimum absolute atomic E-state index is 0.0514. The summed E-state index contributed by atoms with van der Waals surface area (Å²) in [6.07, 6.45) is -0.723. The first-order chi connectivity index (χ1) is 18.3. The fourth-order valence-electron chi connectivity index (χ4n) is 4.72. The number of rotatable bonds is 8. The van der Waals surface area contributed by atoms with Gasteiger partial charge in [0.1, 0.15) is 23.9 Å². The quantitative estimate of drug-likeness (QED) is 0.341. The lowest BCUT2D eigenvalue weighted by atomic mass is 9.98. The van der Waals surface area contributed by atoms with Crippen LogP contribution in [-0.2, 0) is 16.0 Å². The fraction of sp³-hybridized carbons (Fsp3) is 0.375. The van der Waals surface area contributed by atoms with Crippen LogP contribution in [-0.4, -0.2) is 41.0 Å². The van der Waals surface area contributed by atoms with Gasteiger partial charge >= 0.3 is 12.1 Å². The third-order valence-electron chi connectivity index (χ3n) is 6.21. The molecule has 0 aromatic heterocycles. The third-order valence-corrected chi connectivity index (χ3v) is 6.21. The molecular formula is C32H37NO6. The average molecular weight is 532 g/mol. The number of carbonyl (C=O) groups is 2. The Morgan fingerprint density at radius 3 is 1.90 bits per heavy atom. The van der Waals surface area contributed by atoms with Gasteiger partial charge in [0.05, 0.1) is 0 Å². The topological polar surface area (TPSA) is 94.1 Å². The van der Waals surface area contributed by atoms with Crippen molar-refractivity contribution in [3.63, 3.8) is 0 Å². The molecule has 0 heterocycles. The molecule has 39 heavy (non-hydrogen) atoms. The van der Waals surface area contributed by atoms with Gasteiger partial charge in [-0.1, -0.05) is 54.6 Å². The summed E-state index contributed by atoms with van der Waals surface area (Å²) >= 11 is 0. The molecule has 3 aromatic carbocycles. The second-order valence-electron chi connectivity index (χ2n) is 11.8. The predicted octanol–water partition coefficient (Wildman–Crippen LogP) is 6.58. The van der Waals surface area contributed by atoms with E-state index in [2.05, 4.69) is 17.4 Å². The summed E-state index contributed by atoms with van der Waals surface area (Å²) in [4.78, 5) is 24.8. The first-order valence-corrected chi connectivity index (χ1v) is 13.2. The van der Waals surface area contributed by atoms with Crippen LogP contribution >= 0.6 is 0 Å². The summed E-state index contributed by atoms with van der Waals surface area (Å²) in [5.74, 6) is -0.187. The van der Waals surface area contributed by atoms with Gasteiger partial charge in [-0.25, -0.2) is 9.59 Å². The lowest BCUT2D eigenvalue weighted by molar-refractivity contribution is -0.139. The van der Waals surface area contributed by atoms with Crippen LogP contribution in [0.4, 0.5) is 4.79 Å². The summed E-state index contributed by atoms with van der Waals surface area (Å²) in [6.45, 7) is 11.7. The molecular weight excluding hydrogens is 494 g/mol. The SMILES string of the molecule is CC(C)(C)Oc1ccc(C[C@H](NC(=O)OCC2c3ccccc3-c3ccccc32)C(=O)O)cc1OC(C)(C)C. The number of hydrogen-bond acceptors (Lipinski definition) is 5. The van der Waals surface area contributed by atoms with Crippen LogP contribution in [0.25, 0.3) is 11.1 Å². The molecule has 1 aliphatic carbocycles. The maximum Gasteiger partial charge on any atom is 0.407 e. The minimum Gasteiger partial charge on any atom is -0.484 e. The summed E-state index contributed by atoms with van der Waals surface area (Å²) in [6, 6.07) is 20.2. The molecule has 1 atom stereocenters. The number of carboxylic acid groups (broad SMARTS) is 1. The summed E-state index contributed by atoms with van der Waals surface area (Å²) in [5, 5.41) is 12.4. The van der Waals surface area contributed by atoms with Crippen LogP contribution in [0.5, 0.6) is 11.5 Å². The number of nitrogens with one attached hydrogen (secondary N) is 1. The first kappa shape index (κ1) is 28.0. The zero-order chi connectivity index (χ0) is 28.4. The van der Waals surface area contributed by atoms with Gasteiger partial charge in [-0.2, -0.15) is 0 Å². The molecule has 1 aliphatic rings. The number of ether oxygens (including phenoxy) is 3. The van der Waals surface area contributed by atoms with Gasteiger partial charge in [-0.05, 0) is 81.5 Å². The van der Waals surface area contributed by atoms with Crippen molar-refractivity contribution < 1.29 is 28.9 Å². The zero-order valence-corrected chi connectivity index (χ0v) is 23.4. The molecule has 0 saturated heterocycles. The molecule has 4 rings (SSSR count). The lowest BCUT2D eigenvalue weighted by Crippen LogP contribution is -2.43. The first-order valence-electron chi connectivity index (χ1n) is 13.2. The number of carbonyl (C=O) groups excluding carboxylic acids is 1. The largest absolute Gasteiger partial charge is 0.484 e. The smallest absolute Gasteiger partial charge is 0.407 e. The van der Waals surface area contributed by atoms with E-state index in [0.29, 0.717) is 17.1 Å². The van der Waals surface area contributed by atoms with E-state index in [4.69, 9.17) is 14.2 Å². The van der Waals surface area contributed by atoms with Crippen molar-refractivity contribution in [2.24, 2.45) is 0 Å². The molecule has 0 aliphatic heterocycles. The highest BCUT2D eigenvalue weighted by Gasteiger charge is 2.30. The molecule has 3 aromatic rings. The average Bonchev–Trinajstić information content (AvgIpc) is 3.16. The Bertz CT molecular complexity index is 1310. The minimum atomic E-state index is -1.18. The Morgan fingerprint density at radius 1 is 0.821 bits per heavy atom. The maximum absolute atomic E-state index is 12.8. The van der Waals surface area contributed by atoms with Crippen molar-refractivity contribution in [3.8, 4) is 22.6 Å². The van der Waals surface area contributed by atoms with Crippen LogP contribution in [0.15, 0.2) is 66.7 Å². The van der Waals surface area contributed by atoms with Gasteiger partial charge in [-0.15, -0.1) is 0 Å². The lowest BCUT2D eigenvalue weighted by Gasteiger charge is -2.27. The maximum atomic E-state index is 12.8. The van der Waals surface area contributed by atoms with Crippen LogP contribution in [0, 0.1) is 0 Å². The summed E-state index contributed by atoms with van der Waals surface area (Å²) < 4.78 is 17.7. The second-order valence-corrected chi connectivity index (χ2v) is 11.8. The number of benzene rings is 3. The van der Waals surface area contributed by atoms with E-state index in [1.807, 2.05) is 77.9 Å². The highest BCUT2D eigenvalue weighted by molar-refractivity contribution is 5.81. The number of aliphatic carboxylic acids is 1. The molecule has 206 valence electrons. The molecule has 2 N–H and O–H groups in total. The van der Waals surface area contributed by atoms with Crippen LogP contribution in [0.2, 0.25) is 0 Å². The van der Waals surface area contributed by atoms with E-state index < -0.39 is 29.3 Å². The highest BCUT2D eigenvalue weighted by Crippen LogP contribution is 2.44. The Morgan fingerprint density at radius 2 is 1.36 bits per heavy atom. The van der Waals surface area contributed by atoms with Crippen molar-refractivity contribution in [3.05, 3.63) is 83.4 Å². The summed E-state index contributed by atoms with van der Waals surface area (Å²) in [5.41, 5.74) is 4.18. The van der Waals surface area contributed by atoms with Crippen LogP contribution < -0.4 is 14.8 Å². The number of fused-ring (bicyclic) bond motifs is 3. The number of alkyl carbamates (subject to hydrolysis) is 1. The standard InChI is InChI=1S/C32H37NO6/c1-31(2,3)38-27-16-15-20(18-28(27)39-32(4,5)6)17-26(29(34)35)33-30(36)37-19-25-23-13-9-7-11-21(23)22-12-8-10-14-24(22)25/h7-16,18,25-26H,17,19H2,1-6H3,(H,33,36)(H,34,35)/t26-/m0/s1. The van der Waals surface area contributed by atoms with Gasteiger partial charge < -0.3 is 24.6 Å². The van der Waals surface area contributed by atoms with E-state index in [1.165, 1.54) is 0 Å². The van der Waals surface area contributed by atoms with Crippen molar-refractivity contribution in [2.45, 2.75) is 71.1 Å². The van der Waals surface area contributed by atoms with E-state index in [1.54, 1.807) is 18.2 Å². The molecule has 1 amide bonds. The molecule has 0 radical (unpaired) electrons. The molecule has 7 heteroatoms. The van der Waals surface area contributed by atoms with Gasteiger partial charge in [0.25, 0.3) is 0 Å². The Hall–Kier alpha value is -4.00. The Balaban J connectivity index is 1.45. The number of amides is 1. The van der Waals surface area contributed by atoms with Crippen LogP contribution in [0.3, 0.4) is 0 Å². The molecule has 0 spiro atoms. The molecule has 0 unspecified atom stereocenters. The van der Waals surface area contributed by atoms with Gasteiger partial charge in [0.2, 0.25) is 0 Å². The van der Waals surface area contributed by atoms with E-state index in [-0.39, 0.29) is 18.9 Å². The van der Waals surface area contributed by atoms with E-state index >= 15 is 0 Å². The Kier molecular flexibility index (Phi) is 7.91. The van der Waals surface area contributed by atoms with Crippen molar-refractivity contribution >= 4 is 12.1 Å². The monoisotopic (exact) mass is 531 g/mol. The van der Waals surface area contributed by atoms with Gasteiger partial charge in [0.15, 0.2) is 11.5 Å². The molecule has 0 fully saturated rings. The van der Waals surface area contributed by atoms with Gasteiger partial charge in [0, 0.05) is 12.3 Å². The highest BCUT2D eigenvalue weighted by atomic mass is 16.6. The van der Waals surface area contributed by atoms with Crippen molar-refractivity contribution in [1.82, 2.24) is 5.32 Å². The fourth-order valence-corrected chi connectivity index (χ4v) is 4.72. The number of carboxylic acids is 1. The normalized spacial score (nSPS) is 13.7. The Labute approximate surface area is 230 Å². The zero-order valence-electron chi connectivity index (χ0n) is 23.4. The molecule has 0 bridgehead atoms. The second kappa shape index (κ2) is 11.0. The summed E-state index contributed by atoms with van der Waals surface area (Å²) in [7, 11) is 0. The van der Waals surface area contributed by atoms with E-state index in [0.717, 1.165) is 22.3 Å². The van der Waals surface area contributed by atoms with Crippen molar-refractivity contribution in [1.29, 1.82) is 0 Å². The predicted molar refractivity (Wildman–Crippen MR) is 151 cm³/mol. The van der Waals surface area contributed by atoms with Crippen LogP contribution in [0.1, 0.15) is 64.2 Å². The number of hydrogen-bond donors (Lipinski definition) is 2.